The standard InChI is InChI=1S/3C12H12N2.3C7H5N2.3C2H3N.3F6P.3Pd/c3*1-9-3-5-13-11(7-9)12-8-10(2)4-6-14-12;3*1-2-4-7-6(3-1)8-5-9-7;3*1-2-3;3*1-7(2,3,4,5)6;;;/h3*3-8H,1-2H3;3*1-5H;3*1H3;;;;;;/q;;;3*-1;;;;3*-1;3*+2. The van der Waals surface area contributed by atoms with Crippen LogP contribution in [-0.2, 0) is 61.3 Å². The van der Waals surface area contributed by atoms with Gasteiger partial charge in [0.05, 0.1) is 52.4 Å². The van der Waals surface area contributed by atoms with E-state index in [1.54, 1.807) is 37.2 Å². The van der Waals surface area contributed by atoms with Gasteiger partial charge in [0.25, 0.3) is 0 Å². The monoisotopic (exact) mass is 1780 g/mol. The number of benzene rings is 3. The summed E-state index contributed by atoms with van der Waals surface area (Å²) < 4.78 is 178. The number of hydrogen-bond acceptors (Lipinski definition) is 12. The fraction of sp³-hybridized carbons (Fsp3) is 0.143. The Morgan fingerprint density at radius 1 is 0.265 bits per heavy atom. The zero-order valence-electron chi connectivity index (χ0n) is 54.4. The number of rotatable bonds is 3. The second-order valence-corrected chi connectivity index (χ2v) is 25.2. The summed E-state index contributed by atoms with van der Waals surface area (Å²) in [6.45, 7) is 16.6. The maximum Gasteiger partial charge on any atom is 2.00 e. The van der Waals surface area contributed by atoms with Crippen LogP contribution in [0.2, 0.25) is 0 Å². The van der Waals surface area contributed by atoms with E-state index in [-0.39, 0.29) is 61.3 Å². The molecule has 0 spiro atoms. The van der Waals surface area contributed by atoms with E-state index in [9.17, 15) is 75.5 Å². The predicted octanol–water partition coefficient (Wildman–Crippen LogP) is 23.6. The van der Waals surface area contributed by atoms with Gasteiger partial charge in [0, 0.05) is 58.0 Å². The quantitative estimate of drug-likeness (QED) is 0.0910. The molecule has 0 saturated carbocycles. The summed E-state index contributed by atoms with van der Waals surface area (Å²) in [5, 5.41) is 22.0. The fourth-order valence-corrected chi connectivity index (χ4v) is 6.56. The molecule has 12 rings (SSSR count). The first-order valence-electron chi connectivity index (χ1n) is 27.4. The minimum absolute atomic E-state index is 0. The number of hydrogen-bond donors (Lipinski definition) is 0. The molecule has 0 N–H and O–H groups in total. The molecule has 0 saturated heterocycles. The van der Waals surface area contributed by atoms with E-state index in [4.69, 9.17) is 15.8 Å². The molecule has 0 bridgehead atoms. The van der Waals surface area contributed by atoms with Gasteiger partial charge in [-0.2, -0.15) is 15.8 Å². The van der Waals surface area contributed by atoms with Gasteiger partial charge in [-0.3, -0.25) is 29.9 Å². The summed E-state index contributed by atoms with van der Waals surface area (Å²) in [6, 6.07) is 52.8. The first-order chi connectivity index (χ1) is 45.3. The minimum atomic E-state index is -10.7. The summed E-state index contributed by atoms with van der Waals surface area (Å²) in [4.78, 5) is 49.8. The third-order valence-corrected chi connectivity index (χ3v) is 10.1. The van der Waals surface area contributed by atoms with Crippen LogP contribution in [0.5, 0.6) is 0 Å². The Bertz CT molecular complexity index is 3880. The molecule has 0 atom stereocenters. The number of aromatic nitrogens is 12. The van der Waals surface area contributed by atoms with Gasteiger partial charge >= 0.3 is 160 Å². The summed E-state index contributed by atoms with van der Waals surface area (Å²) in [5.74, 6) is 0. The molecule has 9 heterocycles. The average molecular weight is 1780 g/mol. The molecule has 102 heavy (non-hydrogen) atoms. The number of nitriles is 3. The summed E-state index contributed by atoms with van der Waals surface area (Å²) in [7, 11) is -32.0. The maximum atomic E-state index is 9.87. The van der Waals surface area contributed by atoms with Crippen molar-refractivity contribution in [3.8, 4) is 52.4 Å². The van der Waals surface area contributed by atoms with Crippen LogP contribution < -0.4 is 15.0 Å². The van der Waals surface area contributed by atoms with Crippen molar-refractivity contribution in [2.75, 3.05) is 0 Å². The van der Waals surface area contributed by atoms with Gasteiger partial charge < -0.3 is 29.9 Å². The molecular weight excluding hydrogens is 1720 g/mol. The Balaban J connectivity index is -0.00000107. The van der Waals surface area contributed by atoms with E-state index in [0.717, 1.165) is 67.3 Å². The van der Waals surface area contributed by atoms with Crippen molar-refractivity contribution in [2.24, 2.45) is 0 Å². The molecule has 0 unspecified atom stereocenters. The minimum Gasteiger partial charge on any atom is -0.443 e. The Labute approximate surface area is 614 Å². The van der Waals surface area contributed by atoms with Crippen LogP contribution in [0.1, 0.15) is 54.2 Å². The van der Waals surface area contributed by atoms with Crippen LogP contribution >= 0.6 is 23.4 Å². The number of halogens is 18. The smallest absolute Gasteiger partial charge is 0.443 e. The van der Waals surface area contributed by atoms with Crippen LogP contribution in [0, 0.1) is 75.5 Å². The van der Waals surface area contributed by atoms with Crippen molar-refractivity contribution in [1.82, 2.24) is 59.8 Å². The van der Waals surface area contributed by atoms with E-state index in [1.165, 1.54) is 54.2 Å². The van der Waals surface area contributed by atoms with Crippen molar-refractivity contribution in [1.29, 1.82) is 15.8 Å². The molecule has 39 heteroatoms. The topological polar surface area (TPSA) is 230 Å². The zero-order valence-corrected chi connectivity index (χ0v) is 61.7. The molecule has 0 amide bonds. The SMILES string of the molecule is CC#N.CC#N.CC#N.Cc1ccnc(-c2cc(C)ccn2)c1.Cc1ccnc(-c2cc(C)ccn2)c1.Cc1ccnc(-c2cc(C)ccn2)c1.F[P-](F)(F)(F)(F)F.F[P-](F)(F)(F)(F)F.F[P-](F)(F)(F)(F)F.[Pd+2].[Pd+2].[Pd+2].c1ccc2[n-]cnc2c1.c1ccc2[n-]cnc2c1.c1ccc2[n-]cnc2c1. The fourth-order valence-electron chi connectivity index (χ4n) is 6.56. The number of imidazole rings is 3. The molecule has 0 fully saturated rings. The third kappa shape index (κ3) is 57.1. The van der Waals surface area contributed by atoms with Crippen molar-refractivity contribution in [3.05, 3.63) is 235 Å². The number of para-hydroxylation sites is 6. The number of fused-ring (bicyclic) bond motifs is 3. The normalized spacial score (nSPS) is 11.9. The molecule has 3 aromatic carbocycles. The van der Waals surface area contributed by atoms with Gasteiger partial charge in [-0.25, -0.2) is 0 Å². The van der Waals surface area contributed by atoms with Crippen LogP contribution in [0.25, 0.3) is 67.3 Å². The molecule has 0 aliphatic carbocycles. The van der Waals surface area contributed by atoms with Gasteiger partial charge in [-0.15, -0.1) is 0 Å². The molecule has 0 radical (unpaired) electrons. The molecule has 12 aromatic rings. The molecule has 0 aliphatic heterocycles. The van der Waals surface area contributed by atoms with Gasteiger partial charge in [0.1, 0.15) is 0 Å². The number of nitrogens with zero attached hydrogens (tertiary/aromatic N) is 15. The van der Waals surface area contributed by atoms with E-state index in [0.29, 0.717) is 0 Å². The summed E-state index contributed by atoms with van der Waals surface area (Å²) in [5.41, 5.74) is 18.7. The van der Waals surface area contributed by atoms with Gasteiger partial charge in [0.2, 0.25) is 0 Å². The van der Waals surface area contributed by atoms with E-state index < -0.39 is 23.4 Å². The van der Waals surface area contributed by atoms with E-state index in [2.05, 4.69) is 101 Å². The Hall–Kier alpha value is -8.54. The van der Waals surface area contributed by atoms with Crippen molar-refractivity contribution in [2.45, 2.75) is 62.3 Å². The Morgan fingerprint density at radius 3 is 0.529 bits per heavy atom. The molecular formula is C63H60F18N15P3Pd3. The van der Waals surface area contributed by atoms with Gasteiger partial charge in [0.15, 0.2) is 0 Å². The van der Waals surface area contributed by atoms with Crippen LogP contribution in [0.3, 0.4) is 0 Å². The van der Waals surface area contributed by atoms with Gasteiger partial charge in [-0.05, 0) is 181 Å². The zero-order chi connectivity index (χ0) is 75.6. The van der Waals surface area contributed by atoms with E-state index >= 15 is 0 Å². The molecule has 0 aliphatic rings. The molecule has 558 valence electrons. The number of pyridine rings is 6. The van der Waals surface area contributed by atoms with Crippen LogP contribution in [0.15, 0.2) is 202 Å². The largest absolute Gasteiger partial charge is 2.00 e. The first kappa shape index (κ1) is 97.6. The van der Waals surface area contributed by atoms with Crippen molar-refractivity contribution in [3.63, 3.8) is 0 Å². The Morgan fingerprint density at radius 2 is 0.402 bits per heavy atom. The predicted molar refractivity (Wildman–Crippen MR) is 351 cm³/mol. The molecule has 15 nitrogen and oxygen atoms in total. The second kappa shape index (κ2) is 40.3. The van der Waals surface area contributed by atoms with Crippen molar-refractivity contribution < 1.29 is 137 Å². The first-order valence-corrected chi connectivity index (χ1v) is 33.5. The van der Waals surface area contributed by atoms with Crippen molar-refractivity contribution >= 4 is 56.5 Å². The average Bonchev–Trinajstić information content (AvgIpc) is 0.836. The summed E-state index contributed by atoms with van der Waals surface area (Å²) >= 11 is 0. The maximum absolute atomic E-state index is 10.7. The number of aryl methyl sites for hydroxylation is 6. The molecule has 9 aromatic heterocycles. The van der Waals surface area contributed by atoms with Gasteiger partial charge in [-0.1, -0.05) is 91.8 Å². The van der Waals surface area contributed by atoms with Crippen LogP contribution in [-0.4, -0.2) is 44.9 Å². The summed E-state index contributed by atoms with van der Waals surface area (Å²) in [6.07, 6.45) is 15.6. The Kier molecular flexibility index (Phi) is 38.6. The third-order valence-electron chi connectivity index (χ3n) is 10.1. The van der Waals surface area contributed by atoms with E-state index in [1.807, 2.05) is 183 Å². The van der Waals surface area contributed by atoms with Crippen LogP contribution in [0.4, 0.5) is 75.5 Å². The second-order valence-electron chi connectivity index (χ2n) is 19.4.